The minimum Gasteiger partial charge on any atom is -0.507 e. The van der Waals surface area contributed by atoms with Crippen molar-refractivity contribution in [2.45, 2.75) is 79.6 Å². The van der Waals surface area contributed by atoms with Crippen LogP contribution in [0.15, 0.2) is 59.4 Å². The van der Waals surface area contributed by atoms with E-state index in [4.69, 9.17) is 0 Å². The molecule has 1 aliphatic carbocycles. The number of carbonyl (C=O) groups is 3. The second-order valence-corrected chi connectivity index (χ2v) is 9.39. The van der Waals surface area contributed by atoms with Crippen LogP contribution in [0.3, 0.4) is 0 Å². The van der Waals surface area contributed by atoms with Crippen LogP contribution in [0.25, 0.3) is 6.08 Å². The molecular weight excluding hydrogens is 412 g/mol. The van der Waals surface area contributed by atoms with E-state index in [0.717, 1.165) is 11.1 Å². The first-order valence-electron chi connectivity index (χ1n) is 12.1. The highest BCUT2D eigenvalue weighted by molar-refractivity contribution is 6.39. The molecule has 1 N–H and O–H groups in total. The molecule has 1 unspecified atom stereocenters. The van der Waals surface area contributed by atoms with E-state index >= 15 is 0 Å². The van der Waals surface area contributed by atoms with Crippen LogP contribution in [0.5, 0.6) is 0 Å². The zero-order valence-corrected chi connectivity index (χ0v) is 20.7. The van der Waals surface area contributed by atoms with Crippen LogP contribution >= 0.6 is 0 Å². The molecule has 1 aromatic rings. The number of Topliss-reactive ketones (excluding diaryl/α,β-unsaturated/α-hetero) is 3. The van der Waals surface area contributed by atoms with Crippen molar-refractivity contribution in [1.29, 1.82) is 0 Å². The van der Waals surface area contributed by atoms with Gasteiger partial charge in [0.25, 0.3) is 0 Å². The van der Waals surface area contributed by atoms with Crippen LogP contribution < -0.4 is 0 Å². The second-order valence-electron chi connectivity index (χ2n) is 9.39. The van der Waals surface area contributed by atoms with Gasteiger partial charge in [-0.3, -0.25) is 14.4 Å². The van der Waals surface area contributed by atoms with Crippen molar-refractivity contribution in [3.8, 4) is 0 Å². The quantitative estimate of drug-likeness (QED) is 0.137. The minimum absolute atomic E-state index is 0.209. The van der Waals surface area contributed by atoms with E-state index in [1.54, 1.807) is 6.08 Å². The van der Waals surface area contributed by atoms with E-state index in [1.807, 2.05) is 71.0 Å². The lowest BCUT2D eigenvalue weighted by atomic mass is 9.53. The molecule has 178 valence electrons. The predicted molar refractivity (Wildman–Crippen MR) is 134 cm³/mol. The summed E-state index contributed by atoms with van der Waals surface area (Å²) >= 11 is 0. The van der Waals surface area contributed by atoms with Gasteiger partial charge in [0, 0.05) is 0 Å². The molecule has 1 atom stereocenters. The molecule has 1 saturated carbocycles. The summed E-state index contributed by atoms with van der Waals surface area (Å²) in [5, 5.41) is 11.0. The number of ketones is 3. The summed E-state index contributed by atoms with van der Waals surface area (Å²) < 4.78 is 0. The normalized spacial score (nSPS) is 22.0. The lowest BCUT2D eigenvalue weighted by Gasteiger charge is -2.45. The third-order valence-electron chi connectivity index (χ3n) is 6.57. The maximum Gasteiger partial charge on any atom is 0.184 e. The van der Waals surface area contributed by atoms with E-state index < -0.39 is 22.4 Å². The van der Waals surface area contributed by atoms with Crippen LogP contribution in [0, 0.1) is 10.8 Å². The van der Waals surface area contributed by atoms with Crippen LogP contribution in [-0.2, 0) is 14.4 Å². The van der Waals surface area contributed by atoms with Crippen molar-refractivity contribution < 1.29 is 19.5 Å². The molecule has 0 radical (unpaired) electrons. The largest absolute Gasteiger partial charge is 0.507 e. The van der Waals surface area contributed by atoms with Crippen LogP contribution in [0.4, 0.5) is 0 Å². The van der Waals surface area contributed by atoms with Crippen molar-refractivity contribution in [2.75, 3.05) is 0 Å². The first kappa shape index (κ1) is 26.5. The summed E-state index contributed by atoms with van der Waals surface area (Å²) in [5.74, 6) is -1.65. The molecule has 33 heavy (non-hydrogen) atoms. The Morgan fingerprint density at radius 2 is 1.36 bits per heavy atom. The third kappa shape index (κ3) is 5.26. The van der Waals surface area contributed by atoms with Gasteiger partial charge in [-0.2, -0.15) is 0 Å². The predicted octanol–water partition coefficient (Wildman–Crippen LogP) is 6.96. The van der Waals surface area contributed by atoms with Gasteiger partial charge in [0.15, 0.2) is 17.3 Å². The summed E-state index contributed by atoms with van der Waals surface area (Å²) in [6.45, 7) is 9.71. The monoisotopic (exact) mass is 450 g/mol. The lowest BCUT2D eigenvalue weighted by molar-refractivity contribution is -0.156. The number of aliphatic hydroxyl groups is 1. The summed E-state index contributed by atoms with van der Waals surface area (Å²) in [5.41, 5.74) is -0.952. The van der Waals surface area contributed by atoms with E-state index in [1.165, 1.54) is 6.08 Å². The summed E-state index contributed by atoms with van der Waals surface area (Å²) in [6, 6.07) is 9.38. The molecule has 1 aromatic carbocycles. The smallest absolute Gasteiger partial charge is 0.184 e. The van der Waals surface area contributed by atoms with Crippen LogP contribution in [0.2, 0.25) is 0 Å². The Morgan fingerprint density at radius 3 is 1.88 bits per heavy atom. The molecule has 0 heterocycles. The van der Waals surface area contributed by atoms with Crippen molar-refractivity contribution in [3.05, 3.63) is 65.0 Å². The van der Waals surface area contributed by atoms with Crippen LogP contribution in [0.1, 0.15) is 85.1 Å². The van der Waals surface area contributed by atoms with Crippen LogP contribution in [-0.4, -0.2) is 22.5 Å². The van der Waals surface area contributed by atoms with Gasteiger partial charge in [0.2, 0.25) is 0 Å². The zero-order valence-electron chi connectivity index (χ0n) is 20.7. The number of carbonyl (C=O) groups excluding carboxylic acids is 3. The molecule has 1 fully saturated rings. The standard InChI is InChI=1S/C29H38O4/c1-6-17-28(18-7-2)25(31)24(23(30)15-14-22-12-10-9-11-13-22)26(32)29(19-8-3,27(28)33)20-16-21(4)5/h9-16,30H,6-8,17-20H2,1-5H3/b15-14+,24-23?. The van der Waals surface area contributed by atoms with Crippen molar-refractivity contribution in [1.82, 2.24) is 0 Å². The molecule has 0 bridgehead atoms. The first-order valence-corrected chi connectivity index (χ1v) is 12.1. The lowest BCUT2D eigenvalue weighted by Crippen LogP contribution is -2.59. The molecule has 0 spiro atoms. The fourth-order valence-electron chi connectivity index (χ4n) is 5.05. The fraction of sp³-hybridized carbons (Fsp3) is 0.483. The number of hydrogen-bond acceptors (Lipinski definition) is 4. The minimum atomic E-state index is -1.33. The van der Waals surface area contributed by atoms with Gasteiger partial charge in [-0.05, 0) is 51.2 Å². The average Bonchev–Trinajstić information content (AvgIpc) is 2.79. The van der Waals surface area contributed by atoms with E-state index in [2.05, 4.69) is 0 Å². The first-order chi connectivity index (χ1) is 15.7. The fourth-order valence-corrected chi connectivity index (χ4v) is 5.05. The zero-order chi connectivity index (χ0) is 24.6. The maximum atomic E-state index is 14.1. The number of benzene rings is 1. The molecule has 4 heteroatoms. The van der Waals surface area contributed by atoms with Gasteiger partial charge in [-0.15, -0.1) is 0 Å². The molecule has 1 aliphatic rings. The Balaban J connectivity index is 2.78. The number of allylic oxidation sites excluding steroid dienone is 4. The summed E-state index contributed by atoms with van der Waals surface area (Å²) in [4.78, 5) is 41.8. The van der Waals surface area contributed by atoms with E-state index in [0.29, 0.717) is 38.5 Å². The Labute approximate surface area is 198 Å². The summed E-state index contributed by atoms with van der Waals surface area (Å²) in [6.07, 6.45) is 8.29. The average molecular weight is 451 g/mol. The van der Waals surface area contributed by atoms with Gasteiger partial charge in [-0.25, -0.2) is 0 Å². The Hall–Kier alpha value is -2.75. The molecule has 4 nitrogen and oxygen atoms in total. The maximum absolute atomic E-state index is 14.1. The van der Waals surface area contributed by atoms with Gasteiger partial charge in [0.05, 0.1) is 10.8 Å². The Kier molecular flexibility index (Phi) is 9.16. The third-order valence-corrected chi connectivity index (χ3v) is 6.57. The van der Waals surface area contributed by atoms with Crippen molar-refractivity contribution >= 4 is 23.4 Å². The Morgan fingerprint density at radius 1 is 0.848 bits per heavy atom. The van der Waals surface area contributed by atoms with Crippen molar-refractivity contribution in [2.24, 2.45) is 10.8 Å². The van der Waals surface area contributed by atoms with Gasteiger partial charge in [0.1, 0.15) is 11.3 Å². The molecule has 0 aromatic heterocycles. The van der Waals surface area contributed by atoms with Crippen molar-refractivity contribution in [3.63, 3.8) is 0 Å². The van der Waals surface area contributed by atoms with Gasteiger partial charge in [-0.1, -0.05) is 88.1 Å². The number of aliphatic hydroxyl groups excluding tert-OH is 1. The Bertz CT molecular complexity index is 955. The van der Waals surface area contributed by atoms with E-state index in [9.17, 15) is 19.5 Å². The van der Waals surface area contributed by atoms with Gasteiger partial charge < -0.3 is 5.11 Å². The highest BCUT2D eigenvalue weighted by Crippen LogP contribution is 2.51. The second kappa shape index (κ2) is 11.4. The topological polar surface area (TPSA) is 71.4 Å². The number of rotatable bonds is 10. The molecular formula is C29H38O4. The van der Waals surface area contributed by atoms with E-state index in [-0.39, 0.29) is 23.5 Å². The SMILES string of the molecule is CCCC1(CC=C(C)C)C(=O)C(=C(O)/C=C/c2ccccc2)C(=O)C(CCC)(CCC)C1=O. The summed E-state index contributed by atoms with van der Waals surface area (Å²) in [7, 11) is 0. The highest BCUT2D eigenvalue weighted by Gasteiger charge is 2.62. The molecule has 0 amide bonds. The molecule has 0 saturated heterocycles. The number of hydrogen-bond donors (Lipinski definition) is 1. The molecule has 2 rings (SSSR count). The van der Waals surface area contributed by atoms with Gasteiger partial charge >= 0.3 is 0 Å². The molecule has 0 aliphatic heterocycles. The highest BCUT2D eigenvalue weighted by atomic mass is 16.3.